The average Bonchev–Trinajstić information content (AvgIpc) is 1.35. The van der Waals surface area contributed by atoms with Gasteiger partial charge in [0.2, 0.25) is 0 Å². The summed E-state index contributed by atoms with van der Waals surface area (Å²) in [5, 5.41) is 8.44. The Morgan fingerprint density at radius 1 is 2.00 bits per heavy atom. The van der Waals surface area contributed by atoms with E-state index in [0.717, 1.165) is 0 Å². The number of nitrogens with two attached hydrogens (primary N) is 1. The van der Waals surface area contributed by atoms with Crippen molar-refractivity contribution < 1.29 is 5.11 Å². The van der Waals surface area contributed by atoms with E-state index in [9.17, 15) is 0 Å². The molecule has 0 aromatic rings. The molecule has 0 fully saturated rings. The molecule has 0 aliphatic rings. The lowest BCUT2D eigenvalue weighted by molar-refractivity contribution is 0.194. The molecule has 0 aliphatic carbocycles. The minimum Gasteiger partial charge on any atom is -0.393 e. The van der Waals surface area contributed by atoms with E-state index >= 15 is 0 Å². The Morgan fingerprint density at radius 3 is 2.50 bits per heavy atom. The van der Waals surface area contributed by atoms with Gasteiger partial charge in [-0.2, -0.15) is 0 Å². The van der Waals surface area contributed by atoms with Crippen molar-refractivity contribution in [3.63, 3.8) is 0 Å². The molecule has 0 aromatic heterocycles. The van der Waals surface area contributed by atoms with Crippen LogP contribution in [0.3, 0.4) is 0 Å². The highest BCUT2D eigenvalue weighted by Crippen LogP contribution is 1.85. The average molecular weight is 88.1 g/mol. The maximum absolute atomic E-state index is 8.44. The van der Waals surface area contributed by atoms with Gasteiger partial charge in [-0.05, 0) is 13.3 Å². The number of hydrogen-bond donors (Lipinski definition) is 2. The van der Waals surface area contributed by atoms with Gasteiger partial charge in [0.15, 0.2) is 0 Å². The molecule has 0 aliphatic heterocycles. The lowest BCUT2D eigenvalue weighted by Gasteiger charge is -1.95. The van der Waals surface area contributed by atoms with E-state index in [0.29, 0.717) is 6.42 Å². The second-order valence-corrected chi connectivity index (χ2v) is 1.32. The molecule has 0 aromatic carbocycles. The van der Waals surface area contributed by atoms with E-state index in [1.54, 1.807) is 6.92 Å². The quantitative estimate of drug-likeness (QED) is 0.494. The van der Waals surface area contributed by atoms with Crippen molar-refractivity contribution in [1.82, 2.24) is 0 Å². The summed E-state index contributed by atoms with van der Waals surface area (Å²) >= 11 is 0. The van der Waals surface area contributed by atoms with Gasteiger partial charge in [-0.3, -0.25) is 0 Å². The molecule has 0 amide bonds. The third-order valence-electron chi connectivity index (χ3n) is 0.477. The second kappa shape index (κ2) is 3.12. The first-order valence-electron chi connectivity index (χ1n) is 1.99. The zero-order chi connectivity index (χ0) is 4.99. The van der Waals surface area contributed by atoms with Crippen LogP contribution in [0.2, 0.25) is 0 Å². The van der Waals surface area contributed by atoms with E-state index in [-0.39, 0.29) is 6.10 Å². The predicted octanol–water partition coefficient (Wildman–Crippen LogP) is -0.122. The van der Waals surface area contributed by atoms with Crippen LogP contribution in [0.5, 0.6) is 0 Å². The van der Waals surface area contributed by atoms with E-state index in [4.69, 9.17) is 10.8 Å². The molecule has 3 N–H and O–H groups in total. The molecule has 1 atom stereocenters. The smallest absolute Gasteiger partial charge is 0.0527 e. The molecule has 2 nitrogen and oxygen atoms in total. The minimum absolute atomic E-state index is 0.282. The van der Waals surface area contributed by atoms with Crippen LogP contribution in [0, 0.1) is 6.54 Å². The molecule has 0 heterocycles. The van der Waals surface area contributed by atoms with Crippen LogP contribution in [0.15, 0.2) is 0 Å². The summed E-state index contributed by atoms with van der Waals surface area (Å²) in [5.74, 6) is 0. The van der Waals surface area contributed by atoms with Gasteiger partial charge in [0.05, 0.1) is 6.10 Å². The Kier molecular flexibility index (Phi) is 3.08. The van der Waals surface area contributed by atoms with Crippen LogP contribution in [-0.2, 0) is 0 Å². The van der Waals surface area contributed by atoms with Crippen LogP contribution >= 0.6 is 0 Å². The number of aliphatic hydroxyl groups is 1. The molecule has 0 saturated heterocycles. The molecule has 0 saturated carbocycles. The first kappa shape index (κ1) is 5.92. The van der Waals surface area contributed by atoms with Crippen LogP contribution in [0.1, 0.15) is 13.3 Å². The highest BCUT2D eigenvalue weighted by atomic mass is 16.3. The highest BCUT2D eigenvalue weighted by Gasteiger charge is 1.88. The summed E-state index contributed by atoms with van der Waals surface area (Å²) in [6.45, 7) is 3.15. The summed E-state index contributed by atoms with van der Waals surface area (Å²) < 4.78 is 0. The van der Waals surface area contributed by atoms with E-state index < -0.39 is 0 Å². The summed E-state index contributed by atoms with van der Waals surface area (Å²) in [4.78, 5) is 0. The maximum atomic E-state index is 8.44. The summed E-state index contributed by atoms with van der Waals surface area (Å²) in [6, 6.07) is 0. The van der Waals surface area contributed by atoms with Crippen LogP contribution in [0.4, 0.5) is 0 Å². The summed E-state index contributed by atoms with van der Waals surface area (Å²) in [7, 11) is 0. The van der Waals surface area contributed by atoms with Crippen molar-refractivity contribution in [1.29, 1.82) is 0 Å². The first-order valence-corrected chi connectivity index (χ1v) is 1.99. The number of hydrogen-bond acceptors (Lipinski definition) is 2. The predicted molar refractivity (Wildman–Crippen MR) is 24.8 cm³/mol. The van der Waals surface area contributed by atoms with Crippen LogP contribution < -0.4 is 5.73 Å². The van der Waals surface area contributed by atoms with Gasteiger partial charge < -0.3 is 10.8 Å². The molecule has 1 radical (unpaired) electrons. The molecular weight excluding hydrogens is 78.0 g/mol. The third kappa shape index (κ3) is 3.92. The standard InChI is InChI=1S/C4H10NO/c1-4(6)2-3-5/h3-4,6H,2,5H2,1H3. The Morgan fingerprint density at radius 2 is 2.50 bits per heavy atom. The molecule has 2 heteroatoms. The van der Waals surface area contributed by atoms with Crippen molar-refractivity contribution in [2.75, 3.05) is 0 Å². The zero-order valence-electron chi connectivity index (χ0n) is 3.89. The normalized spacial score (nSPS) is 14.5. The van der Waals surface area contributed by atoms with E-state index in [2.05, 4.69) is 0 Å². The molecule has 37 valence electrons. The van der Waals surface area contributed by atoms with Crippen molar-refractivity contribution in [2.45, 2.75) is 19.4 Å². The van der Waals surface area contributed by atoms with Crippen molar-refractivity contribution in [3.05, 3.63) is 6.54 Å². The topological polar surface area (TPSA) is 46.2 Å². The second-order valence-electron chi connectivity index (χ2n) is 1.32. The summed E-state index contributed by atoms with van der Waals surface area (Å²) in [6.07, 6.45) is 0.301. The fourth-order valence-electron chi connectivity index (χ4n) is 0.197. The Labute approximate surface area is 38.0 Å². The number of aliphatic hydroxyl groups excluding tert-OH is 1. The maximum Gasteiger partial charge on any atom is 0.0527 e. The van der Waals surface area contributed by atoms with Crippen LogP contribution in [-0.4, -0.2) is 11.2 Å². The molecule has 1 unspecified atom stereocenters. The Balaban J connectivity index is 2.63. The van der Waals surface area contributed by atoms with Crippen molar-refractivity contribution in [2.24, 2.45) is 5.73 Å². The van der Waals surface area contributed by atoms with E-state index in [1.165, 1.54) is 6.54 Å². The van der Waals surface area contributed by atoms with Gasteiger partial charge in [0.25, 0.3) is 0 Å². The van der Waals surface area contributed by atoms with Crippen molar-refractivity contribution >= 4 is 0 Å². The fraction of sp³-hybridized carbons (Fsp3) is 0.750. The monoisotopic (exact) mass is 88.1 g/mol. The van der Waals surface area contributed by atoms with E-state index in [1.807, 2.05) is 0 Å². The molecule has 0 bridgehead atoms. The minimum atomic E-state index is -0.282. The zero-order valence-corrected chi connectivity index (χ0v) is 3.89. The molecule has 6 heavy (non-hydrogen) atoms. The number of rotatable bonds is 2. The van der Waals surface area contributed by atoms with Gasteiger partial charge >= 0.3 is 0 Å². The summed E-state index contributed by atoms with van der Waals surface area (Å²) in [5.41, 5.74) is 4.94. The highest BCUT2D eigenvalue weighted by molar-refractivity contribution is 4.56. The first-order chi connectivity index (χ1) is 2.77. The Hall–Kier alpha value is -0.0800. The van der Waals surface area contributed by atoms with Gasteiger partial charge in [-0.1, -0.05) is 0 Å². The Bertz CT molecular complexity index is 28.7. The lowest BCUT2D eigenvalue weighted by atomic mass is 10.3. The third-order valence-corrected chi connectivity index (χ3v) is 0.477. The largest absolute Gasteiger partial charge is 0.393 e. The fourth-order valence-corrected chi connectivity index (χ4v) is 0.197. The lowest BCUT2D eigenvalue weighted by Crippen LogP contribution is -2.03. The van der Waals surface area contributed by atoms with Gasteiger partial charge in [-0.25, -0.2) is 0 Å². The molecule has 0 rings (SSSR count). The molecular formula is C4H10NO. The van der Waals surface area contributed by atoms with Crippen LogP contribution in [0.25, 0.3) is 0 Å². The van der Waals surface area contributed by atoms with Gasteiger partial charge in [0.1, 0.15) is 0 Å². The SMILES string of the molecule is CC(O)C[CH]N. The molecule has 0 spiro atoms. The van der Waals surface area contributed by atoms with Gasteiger partial charge in [0, 0.05) is 6.54 Å². The van der Waals surface area contributed by atoms with Crippen molar-refractivity contribution in [3.8, 4) is 0 Å². The van der Waals surface area contributed by atoms with Gasteiger partial charge in [-0.15, -0.1) is 0 Å².